The summed E-state index contributed by atoms with van der Waals surface area (Å²) in [5.41, 5.74) is 5.78. The largest absolute Gasteiger partial charge is 0.360 e. The summed E-state index contributed by atoms with van der Waals surface area (Å²) in [6, 6.07) is 13.7. The molecule has 0 fully saturated rings. The molecule has 5 nitrogen and oxygen atoms in total. The number of aryl methyl sites for hydroxylation is 2. The van der Waals surface area contributed by atoms with Crippen molar-refractivity contribution >= 4 is 11.3 Å². The van der Waals surface area contributed by atoms with Crippen LogP contribution in [0.5, 0.6) is 0 Å². The molecule has 0 amide bonds. The van der Waals surface area contributed by atoms with Gasteiger partial charge in [0.2, 0.25) is 0 Å². The second-order valence-electron chi connectivity index (χ2n) is 5.55. The van der Waals surface area contributed by atoms with Gasteiger partial charge in [-0.3, -0.25) is 0 Å². The first-order chi connectivity index (χ1) is 11.6. The van der Waals surface area contributed by atoms with Gasteiger partial charge in [-0.25, -0.2) is 4.98 Å². The summed E-state index contributed by atoms with van der Waals surface area (Å²) >= 11 is 0. The summed E-state index contributed by atoms with van der Waals surface area (Å²) in [5.74, 6) is 0. The highest BCUT2D eigenvalue weighted by Crippen LogP contribution is 2.25. The molecular formula is C19H15N5. The van der Waals surface area contributed by atoms with Gasteiger partial charge < -0.3 is 9.72 Å². The molecule has 2 heterocycles. The average Bonchev–Trinajstić information content (AvgIpc) is 3.00. The van der Waals surface area contributed by atoms with Crippen molar-refractivity contribution in [3.05, 3.63) is 65.6 Å². The highest BCUT2D eigenvalue weighted by molar-refractivity contribution is 5.70. The predicted octanol–water partition coefficient (Wildman–Crippen LogP) is 3.96. The van der Waals surface area contributed by atoms with Gasteiger partial charge >= 0.3 is 0 Å². The summed E-state index contributed by atoms with van der Waals surface area (Å²) in [7, 11) is 0. The van der Waals surface area contributed by atoms with E-state index in [4.69, 9.17) is 10.5 Å². The molecule has 24 heavy (non-hydrogen) atoms. The Morgan fingerprint density at radius 3 is 2.71 bits per heavy atom. The summed E-state index contributed by atoms with van der Waals surface area (Å²) in [6.45, 7) is 4.00. The third-order valence-electron chi connectivity index (χ3n) is 3.76. The minimum absolute atomic E-state index is 0.0306. The number of rotatable bonds is 3. The van der Waals surface area contributed by atoms with Crippen LogP contribution in [0.2, 0.25) is 0 Å². The molecule has 0 aliphatic carbocycles. The molecule has 5 heteroatoms. The van der Waals surface area contributed by atoms with E-state index < -0.39 is 0 Å². The average molecular weight is 313 g/mol. The molecular weight excluding hydrogens is 298 g/mol. The van der Waals surface area contributed by atoms with Gasteiger partial charge in [-0.15, -0.1) is 0 Å². The molecule has 0 aliphatic heterocycles. The highest BCUT2D eigenvalue weighted by atomic mass is 15.0. The van der Waals surface area contributed by atoms with Crippen molar-refractivity contribution in [2.75, 3.05) is 5.32 Å². The van der Waals surface area contributed by atoms with Crippen LogP contribution in [-0.2, 0) is 0 Å². The lowest BCUT2D eigenvalue weighted by molar-refractivity contribution is 1.17. The zero-order valence-electron chi connectivity index (χ0n) is 13.4. The standard InChI is InChI=1S/C19H15N5/c1-13-5-6-24-12-18(23-19(24)7-13)16-4-3-14(2)17(8-16)22-11-15(9-20)10-21/h3-8,11-12,22H,1-2H3. The Kier molecular flexibility index (Phi) is 4.01. The van der Waals surface area contributed by atoms with E-state index in [-0.39, 0.29) is 5.57 Å². The number of fused-ring (bicyclic) bond motifs is 1. The molecule has 1 N–H and O–H groups in total. The summed E-state index contributed by atoms with van der Waals surface area (Å²) < 4.78 is 1.98. The fraction of sp³-hybridized carbons (Fsp3) is 0.105. The van der Waals surface area contributed by atoms with Crippen LogP contribution in [0.1, 0.15) is 11.1 Å². The Labute approximate surface area is 140 Å². The van der Waals surface area contributed by atoms with E-state index in [0.717, 1.165) is 33.7 Å². The lowest BCUT2D eigenvalue weighted by atomic mass is 10.1. The van der Waals surface area contributed by atoms with Crippen LogP contribution in [0.3, 0.4) is 0 Å². The molecule has 0 atom stereocenters. The van der Waals surface area contributed by atoms with Crippen molar-refractivity contribution in [3.63, 3.8) is 0 Å². The smallest absolute Gasteiger partial charge is 0.145 e. The Bertz CT molecular complexity index is 1010. The number of nitriles is 2. The third-order valence-corrected chi connectivity index (χ3v) is 3.76. The molecule has 0 saturated heterocycles. The minimum atomic E-state index is 0.0306. The zero-order valence-corrected chi connectivity index (χ0v) is 13.4. The Morgan fingerprint density at radius 2 is 1.96 bits per heavy atom. The fourth-order valence-electron chi connectivity index (χ4n) is 2.40. The maximum absolute atomic E-state index is 8.82. The van der Waals surface area contributed by atoms with E-state index in [0.29, 0.717) is 0 Å². The van der Waals surface area contributed by atoms with Gasteiger partial charge in [-0.2, -0.15) is 10.5 Å². The molecule has 1 aromatic carbocycles. The Morgan fingerprint density at radius 1 is 1.17 bits per heavy atom. The Balaban J connectivity index is 1.99. The molecule has 0 radical (unpaired) electrons. The van der Waals surface area contributed by atoms with Crippen molar-refractivity contribution in [2.45, 2.75) is 13.8 Å². The van der Waals surface area contributed by atoms with E-state index in [1.807, 2.05) is 73.1 Å². The van der Waals surface area contributed by atoms with Gasteiger partial charge in [0.15, 0.2) is 0 Å². The topological polar surface area (TPSA) is 76.9 Å². The summed E-state index contributed by atoms with van der Waals surface area (Å²) in [5, 5.41) is 20.7. The first-order valence-corrected chi connectivity index (χ1v) is 7.44. The SMILES string of the molecule is Cc1ccn2cc(-c3ccc(C)c(NC=C(C#N)C#N)c3)nc2c1. The van der Waals surface area contributed by atoms with Gasteiger partial charge in [0, 0.05) is 29.8 Å². The lowest BCUT2D eigenvalue weighted by Crippen LogP contribution is -1.93. The number of nitrogens with one attached hydrogen (secondary N) is 1. The summed E-state index contributed by atoms with van der Waals surface area (Å²) in [6.07, 6.45) is 5.39. The van der Waals surface area contributed by atoms with Gasteiger partial charge in [0.05, 0.1) is 5.69 Å². The van der Waals surface area contributed by atoms with Crippen LogP contribution in [0.15, 0.2) is 54.5 Å². The number of pyridine rings is 1. The third kappa shape index (κ3) is 2.97. The van der Waals surface area contributed by atoms with Crippen LogP contribution in [0.25, 0.3) is 16.9 Å². The van der Waals surface area contributed by atoms with Crippen molar-refractivity contribution in [2.24, 2.45) is 0 Å². The number of nitrogens with zero attached hydrogens (tertiary/aromatic N) is 4. The van der Waals surface area contributed by atoms with E-state index in [1.54, 1.807) is 0 Å². The van der Waals surface area contributed by atoms with Crippen molar-refractivity contribution in [1.29, 1.82) is 10.5 Å². The van der Waals surface area contributed by atoms with Crippen molar-refractivity contribution in [3.8, 4) is 23.4 Å². The lowest BCUT2D eigenvalue weighted by Gasteiger charge is -2.07. The number of allylic oxidation sites excluding steroid dienone is 1. The van der Waals surface area contributed by atoms with E-state index in [9.17, 15) is 0 Å². The van der Waals surface area contributed by atoms with Crippen molar-refractivity contribution < 1.29 is 0 Å². The van der Waals surface area contributed by atoms with Gasteiger partial charge in [0.25, 0.3) is 0 Å². The first-order valence-electron chi connectivity index (χ1n) is 7.44. The fourth-order valence-corrected chi connectivity index (χ4v) is 2.40. The van der Waals surface area contributed by atoms with Crippen LogP contribution < -0.4 is 5.32 Å². The number of hydrogen-bond donors (Lipinski definition) is 1. The monoisotopic (exact) mass is 313 g/mol. The maximum atomic E-state index is 8.82. The second-order valence-corrected chi connectivity index (χ2v) is 5.55. The van der Waals surface area contributed by atoms with Gasteiger partial charge in [0.1, 0.15) is 23.4 Å². The van der Waals surface area contributed by atoms with E-state index in [2.05, 4.69) is 10.3 Å². The van der Waals surface area contributed by atoms with Crippen molar-refractivity contribution in [1.82, 2.24) is 9.38 Å². The highest BCUT2D eigenvalue weighted by Gasteiger charge is 2.07. The van der Waals surface area contributed by atoms with Crippen LogP contribution in [0, 0.1) is 36.5 Å². The quantitative estimate of drug-likeness (QED) is 0.742. The van der Waals surface area contributed by atoms with Gasteiger partial charge in [-0.1, -0.05) is 12.1 Å². The molecule has 0 unspecified atom stereocenters. The minimum Gasteiger partial charge on any atom is -0.360 e. The Hall–Kier alpha value is -3.57. The second kappa shape index (κ2) is 6.28. The number of aromatic nitrogens is 2. The number of benzene rings is 1. The predicted molar refractivity (Wildman–Crippen MR) is 93.0 cm³/mol. The molecule has 0 spiro atoms. The summed E-state index contributed by atoms with van der Waals surface area (Å²) in [4.78, 5) is 4.66. The first kappa shape index (κ1) is 15.3. The molecule has 0 aliphatic rings. The van der Waals surface area contributed by atoms with Crippen LogP contribution in [-0.4, -0.2) is 9.38 Å². The molecule has 2 aromatic heterocycles. The molecule has 0 bridgehead atoms. The zero-order chi connectivity index (χ0) is 17.1. The van der Waals surface area contributed by atoms with Crippen LogP contribution in [0.4, 0.5) is 5.69 Å². The van der Waals surface area contributed by atoms with E-state index >= 15 is 0 Å². The maximum Gasteiger partial charge on any atom is 0.145 e. The van der Waals surface area contributed by atoms with Gasteiger partial charge in [-0.05, 0) is 43.2 Å². The normalized spacial score (nSPS) is 10.0. The molecule has 116 valence electrons. The molecule has 0 saturated carbocycles. The van der Waals surface area contributed by atoms with E-state index in [1.165, 1.54) is 6.20 Å². The number of anilines is 1. The molecule has 3 aromatic rings. The molecule has 3 rings (SSSR count). The van der Waals surface area contributed by atoms with Crippen LogP contribution >= 0.6 is 0 Å². The number of hydrogen-bond acceptors (Lipinski definition) is 4. The number of imidazole rings is 1.